The number of carbonyl (C=O) groups is 2. The fourth-order valence-corrected chi connectivity index (χ4v) is 11.7. The Morgan fingerprint density at radius 3 is 1.26 bits per heavy atom. The van der Waals surface area contributed by atoms with Crippen LogP contribution in [-0.4, -0.2) is 17.1 Å². The molecule has 0 heterocycles. The predicted octanol–water partition coefficient (Wildman–Crippen LogP) is 8.84. The van der Waals surface area contributed by atoms with Crippen molar-refractivity contribution in [3.8, 4) is 0 Å². The molecule has 0 radical (unpaired) electrons. The van der Waals surface area contributed by atoms with Crippen LogP contribution in [0.5, 0.6) is 0 Å². The summed E-state index contributed by atoms with van der Waals surface area (Å²) >= 11 is 5.76. The van der Waals surface area contributed by atoms with Crippen molar-refractivity contribution in [3.05, 3.63) is 0 Å². The summed E-state index contributed by atoms with van der Waals surface area (Å²) < 4.78 is 0. The van der Waals surface area contributed by atoms with Crippen LogP contribution in [0.25, 0.3) is 0 Å². The van der Waals surface area contributed by atoms with Gasteiger partial charge in [-0.25, -0.2) is 0 Å². The molecule has 4 heteroatoms. The van der Waals surface area contributed by atoms with Crippen molar-refractivity contribution in [1.82, 2.24) is 0 Å². The van der Waals surface area contributed by atoms with Crippen molar-refractivity contribution in [1.29, 1.82) is 0 Å². The van der Waals surface area contributed by atoms with Crippen molar-refractivity contribution in [2.75, 3.05) is 0 Å². The molecule has 0 unspecified atom stereocenters. The number of halogens is 1. The van der Waals surface area contributed by atoms with Crippen molar-refractivity contribution < 1.29 is 9.59 Å². The molecule has 0 amide bonds. The van der Waals surface area contributed by atoms with Crippen LogP contribution in [-0.2, 0) is 9.59 Å². The molecule has 0 saturated heterocycles. The molecule has 3 nitrogen and oxygen atoms in total. The minimum Gasteiger partial charge on any atom is -0.328 e. The first kappa shape index (κ1) is 29.1. The third-order valence-electron chi connectivity index (χ3n) is 12.4. The molecule has 10 fully saturated rings. The van der Waals surface area contributed by atoms with E-state index < -0.39 is 0 Å². The second-order valence-corrected chi connectivity index (χ2v) is 15.8. The highest BCUT2D eigenvalue weighted by Gasteiger charge is 2.55. The van der Waals surface area contributed by atoms with E-state index in [0.717, 1.165) is 67.1 Å². The molecule has 0 atom stereocenters. The fraction of sp³-hybridized carbons (Fsp3) is 0.941. The zero-order chi connectivity index (χ0) is 25.6. The van der Waals surface area contributed by atoms with Crippen LogP contribution in [0.2, 0.25) is 0 Å². The van der Waals surface area contributed by atoms with E-state index in [1.165, 1.54) is 109 Å². The van der Waals surface area contributed by atoms with E-state index in [9.17, 15) is 9.59 Å². The number of hydrogen-bond donors (Lipinski definition) is 1. The third kappa shape index (κ3) is 6.09. The van der Waals surface area contributed by atoms with Crippen molar-refractivity contribution >= 4 is 22.6 Å². The third-order valence-corrected chi connectivity index (χ3v) is 12.8. The SMILES string of the molecule is C.NC1CCCC1.O=C(CC1CCCC1)C12CC3CC(CC(C3)C1)C2.O=C(Cl)C12CC3CC(CC(C3)C1)C2. The van der Waals surface area contributed by atoms with Crippen molar-refractivity contribution in [2.45, 2.75) is 148 Å². The van der Waals surface area contributed by atoms with Gasteiger partial charge >= 0.3 is 0 Å². The lowest BCUT2D eigenvalue weighted by Gasteiger charge is -2.56. The smallest absolute Gasteiger partial charge is 0.227 e. The first-order chi connectivity index (χ1) is 17.8. The van der Waals surface area contributed by atoms with Gasteiger partial charge in [-0.1, -0.05) is 46.0 Å². The molecular formula is C34H56ClNO2. The van der Waals surface area contributed by atoms with Gasteiger partial charge in [-0.15, -0.1) is 0 Å². The van der Waals surface area contributed by atoms with E-state index in [0.29, 0.717) is 11.8 Å². The highest BCUT2D eigenvalue weighted by Crippen LogP contribution is 2.62. The summed E-state index contributed by atoms with van der Waals surface area (Å²) in [5, 5.41) is -0.0356. The van der Waals surface area contributed by atoms with Crippen LogP contribution in [0.15, 0.2) is 0 Å². The number of carbonyl (C=O) groups excluding carboxylic acids is 2. The maximum atomic E-state index is 12.9. The van der Waals surface area contributed by atoms with Gasteiger partial charge in [0.1, 0.15) is 5.78 Å². The summed E-state index contributed by atoms with van der Waals surface area (Å²) in [5.74, 6) is 6.69. The number of hydrogen-bond acceptors (Lipinski definition) is 3. The standard InChI is InChI=1S/C17H26O.C11H15ClO.C5H11N.CH4/c18-16(8-12-3-1-2-4-12)17-9-13-5-14(10-17)7-15(6-13)11-17;12-10(13)11-4-7-1-8(5-11)3-9(2-7)6-11;6-5-3-1-2-4-5;/h12-15H,1-11H2;7-9H,1-6H2;5H,1-4,6H2;1H4. The molecule has 38 heavy (non-hydrogen) atoms. The molecule has 0 aromatic heterocycles. The molecule has 0 aromatic carbocycles. The quantitative estimate of drug-likeness (QED) is 0.359. The van der Waals surface area contributed by atoms with Gasteiger partial charge in [0.25, 0.3) is 0 Å². The van der Waals surface area contributed by atoms with Gasteiger partial charge in [0.15, 0.2) is 0 Å². The molecule has 10 aliphatic carbocycles. The average Bonchev–Trinajstić information content (AvgIpc) is 3.52. The lowest BCUT2D eigenvalue weighted by Crippen LogP contribution is -2.50. The lowest BCUT2D eigenvalue weighted by atomic mass is 9.48. The molecule has 0 aliphatic heterocycles. The van der Waals surface area contributed by atoms with Crippen LogP contribution in [0.4, 0.5) is 0 Å². The summed E-state index contributed by atoms with van der Waals surface area (Å²) in [7, 11) is 0. The van der Waals surface area contributed by atoms with E-state index in [4.69, 9.17) is 17.3 Å². The van der Waals surface area contributed by atoms with E-state index in [-0.39, 0.29) is 23.5 Å². The summed E-state index contributed by atoms with van der Waals surface area (Å²) in [4.78, 5) is 24.3. The predicted molar refractivity (Wildman–Crippen MR) is 157 cm³/mol. The molecule has 216 valence electrons. The van der Waals surface area contributed by atoms with E-state index in [1.807, 2.05) is 0 Å². The second-order valence-electron chi connectivity index (χ2n) is 15.5. The average molecular weight is 546 g/mol. The summed E-state index contributed by atoms with van der Waals surface area (Å²) in [6.07, 6.45) is 27.2. The molecule has 10 saturated carbocycles. The molecule has 10 aliphatic rings. The largest absolute Gasteiger partial charge is 0.328 e. The number of rotatable bonds is 4. The monoisotopic (exact) mass is 545 g/mol. The number of Topliss-reactive ketones (excluding diaryl/α,β-unsaturated/α-hetero) is 1. The summed E-state index contributed by atoms with van der Waals surface area (Å²) in [6.45, 7) is 0. The Labute approximate surface area is 238 Å². The highest BCUT2D eigenvalue weighted by molar-refractivity contribution is 6.64. The minimum absolute atomic E-state index is 0. The highest BCUT2D eigenvalue weighted by atomic mass is 35.5. The maximum absolute atomic E-state index is 12.9. The molecule has 0 aromatic rings. The zero-order valence-electron chi connectivity index (χ0n) is 23.2. The van der Waals surface area contributed by atoms with Crippen LogP contribution in [0, 0.1) is 52.3 Å². The summed E-state index contributed by atoms with van der Waals surface area (Å²) in [5.41, 5.74) is 5.64. The summed E-state index contributed by atoms with van der Waals surface area (Å²) in [6, 6.07) is 0.546. The molecule has 2 N–H and O–H groups in total. The van der Waals surface area contributed by atoms with Crippen LogP contribution >= 0.6 is 11.6 Å². The fourth-order valence-electron chi connectivity index (χ4n) is 11.5. The number of nitrogens with two attached hydrogens (primary N) is 1. The van der Waals surface area contributed by atoms with E-state index in [1.54, 1.807) is 0 Å². The normalized spacial score (nSPS) is 44.2. The van der Waals surface area contributed by atoms with Crippen molar-refractivity contribution in [3.63, 3.8) is 0 Å². The Morgan fingerprint density at radius 1 is 0.605 bits per heavy atom. The van der Waals surface area contributed by atoms with Crippen LogP contribution < -0.4 is 5.73 Å². The minimum atomic E-state index is -0.0731. The molecule has 10 rings (SSSR count). The molecular weight excluding hydrogens is 490 g/mol. The Bertz CT molecular complexity index is 769. The van der Waals surface area contributed by atoms with Crippen LogP contribution in [0.1, 0.15) is 142 Å². The Hall–Kier alpha value is -0.410. The van der Waals surface area contributed by atoms with Gasteiger partial charge in [0.05, 0.1) is 0 Å². The second kappa shape index (κ2) is 11.8. The molecule has 8 bridgehead atoms. The zero-order valence-corrected chi connectivity index (χ0v) is 24.0. The van der Waals surface area contributed by atoms with Crippen LogP contribution in [0.3, 0.4) is 0 Å². The van der Waals surface area contributed by atoms with Gasteiger partial charge in [-0.05, 0) is 143 Å². The maximum Gasteiger partial charge on any atom is 0.227 e. The topological polar surface area (TPSA) is 60.2 Å². The Morgan fingerprint density at radius 2 is 0.947 bits per heavy atom. The molecule has 0 spiro atoms. The van der Waals surface area contributed by atoms with E-state index >= 15 is 0 Å². The van der Waals surface area contributed by atoms with E-state index in [2.05, 4.69) is 0 Å². The van der Waals surface area contributed by atoms with Gasteiger partial charge in [0, 0.05) is 23.3 Å². The first-order valence-corrected chi connectivity index (χ1v) is 16.7. The first-order valence-electron chi connectivity index (χ1n) is 16.3. The Balaban J connectivity index is 0.000000129. The number of ketones is 1. The van der Waals surface area contributed by atoms with Gasteiger partial charge in [-0.3, -0.25) is 9.59 Å². The van der Waals surface area contributed by atoms with Gasteiger partial charge in [-0.2, -0.15) is 0 Å². The van der Waals surface area contributed by atoms with Gasteiger partial charge in [0.2, 0.25) is 5.24 Å². The Kier molecular flexibility index (Phi) is 9.06. The van der Waals surface area contributed by atoms with Gasteiger partial charge < -0.3 is 5.73 Å². The van der Waals surface area contributed by atoms with Crippen molar-refractivity contribution in [2.24, 2.45) is 58.0 Å². The lowest BCUT2D eigenvalue weighted by molar-refractivity contribution is -0.144.